The molecular weight excluding hydrogens is 326 g/mol. The molecule has 124 valence electrons. The number of halogens is 1. The number of furan rings is 1. The minimum absolute atomic E-state index is 0.246. The highest BCUT2D eigenvalue weighted by Crippen LogP contribution is 2.24. The number of unbranched alkanes of at least 4 members (excludes halogenated alkanes) is 1. The number of hydrogen-bond acceptors (Lipinski definition) is 3. The number of rotatable bonds is 6. The molecule has 0 fully saturated rings. The lowest BCUT2D eigenvalue weighted by atomic mass is 10.2. The summed E-state index contributed by atoms with van der Waals surface area (Å²) in [4.78, 5) is 12.3. The van der Waals surface area contributed by atoms with E-state index in [0.717, 1.165) is 24.0 Å². The molecule has 0 spiro atoms. The Labute approximate surface area is 145 Å². The van der Waals surface area contributed by atoms with Gasteiger partial charge in [-0.2, -0.15) is 0 Å². The lowest BCUT2D eigenvalue weighted by Crippen LogP contribution is -2.10. The first kappa shape index (κ1) is 16.4. The van der Waals surface area contributed by atoms with E-state index in [4.69, 9.17) is 20.8 Å². The molecule has 0 bridgehead atoms. The number of nitrogens with one attached hydrogen (secondary N) is 1. The van der Waals surface area contributed by atoms with E-state index < -0.39 is 0 Å². The smallest absolute Gasteiger partial charge is 0.291 e. The molecule has 0 saturated heterocycles. The maximum Gasteiger partial charge on any atom is 0.291 e. The van der Waals surface area contributed by atoms with E-state index in [2.05, 4.69) is 12.2 Å². The summed E-state index contributed by atoms with van der Waals surface area (Å²) < 4.78 is 11.1. The van der Waals surface area contributed by atoms with Gasteiger partial charge in [0.25, 0.3) is 5.91 Å². The summed E-state index contributed by atoms with van der Waals surface area (Å²) in [5, 5.41) is 4.21. The molecule has 0 aliphatic rings. The van der Waals surface area contributed by atoms with Crippen LogP contribution < -0.4 is 10.1 Å². The first-order valence-electron chi connectivity index (χ1n) is 7.89. The molecule has 5 heteroatoms. The van der Waals surface area contributed by atoms with Gasteiger partial charge < -0.3 is 14.5 Å². The van der Waals surface area contributed by atoms with Crippen molar-refractivity contribution in [2.24, 2.45) is 0 Å². The van der Waals surface area contributed by atoms with Crippen molar-refractivity contribution in [1.29, 1.82) is 0 Å². The summed E-state index contributed by atoms with van der Waals surface area (Å²) in [6.45, 7) is 2.82. The monoisotopic (exact) mass is 343 g/mol. The zero-order valence-corrected chi connectivity index (χ0v) is 14.1. The quantitative estimate of drug-likeness (QED) is 0.600. The number of fused-ring (bicyclic) bond motifs is 1. The van der Waals surface area contributed by atoms with Crippen LogP contribution in [0.4, 0.5) is 5.69 Å². The number of amides is 1. The summed E-state index contributed by atoms with van der Waals surface area (Å²) in [6, 6.07) is 14.2. The minimum atomic E-state index is -0.304. The van der Waals surface area contributed by atoms with Crippen molar-refractivity contribution >= 4 is 34.2 Å². The zero-order chi connectivity index (χ0) is 16.9. The summed E-state index contributed by atoms with van der Waals surface area (Å²) in [5.74, 6) is 0.734. The highest BCUT2D eigenvalue weighted by atomic mass is 35.5. The first-order valence-corrected chi connectivity index (χ1v) is 8.27. The molecule has 0 unspecified atom stereocenters. The van der Waals surface area contributed by atoms with Crippen LogP contribution in [-0.4, -0.2) is 12.5 Å². The molecule has 2 aromatic carbocycles. The third kappa shape index (κ3) is 3.89. The number of ether oxygens (including phenoxy) is 1. The van der Waals surface area contributed by atoms with Gasteiger partial charge in [0.15, 0.2) is 5.76 Å². The minimum Gasteiger partial charge on any atom is -0.494 e. The molecule has 0 radical (unpaired) electrons. The number of carbonyl (C=O) groups excluding carboxylic acids is 1. The van der Waals surface area contributed by atoms with Gasteiger partial charge in [-0.15, -0.1) is 0 Å². The van der Waals surface area contributed by atoms with Gasteiger partial charge in [-0.3, -0.25) is 4.79 Å². The second-order valence-electron chi connectivity index (χ2n) is 5.47. The lowest BCUT2D eigenvalue weighted by Gasteiger charge is -2.07. The Morgan fingerprint density at radius 2 is 1.96 bits per heavy atom. The van der Waals surface area contributed by atoms with Crippen LogP contribution in [0.1, 0.15) is 30.3 Å². The summed E-state index contributed by atoms with van der Waals surface area (Å²) in [5.41, 5.74) is 1.31. The van der Waals surface area contributed by atoms with Gasteiger partial charge in [-0.05, 0) is 55.0 Å². The molecule has 1 aromatic heterocycles. The molecule has 3 rings (SSSR count). The molecule has 0 atom stereocenters. The maximum absolute atomic E-state index is 12.3. The van der Waals surface area contributed by atoms with Gasteiger partial charge in [-0.25, -0.2) is 0 Å². The van der Waals surface area contributed by atoms with E-state index in [-0.39, 0.29) is 11.7 Å². The zero-order valence-electron chi connectivity index (χ0n) is 13.3. The standard InChI is InChI=1S/C19H18ClNO3/c1-2-3-10-23-16-7-5-15(6-8-16)21-19(22)18-12-13-11-14(20)4-9-17(13)24-18/h4-9,11-12H,2-3,10H2,1H3,(H,21,22). The molecule has 0 aliphatic carbocycles. The van der Waals surface area contributed by atoms with Crippen LogP contribution in [0.2, 0.25) is 5.02 Å². The van der Waals surface area contributed by atoms with Crippen LogP contribution in [0, 0.1) is 0 Å². The summed E-state index contributed by atoms with van der Waals surface area (Å²) >= 11 is 5.94. The Morgan fingerprint density at radius 1 is 1.17 bits per heavy atom. The first-order chi connectivity index (χ1) is 11.7. The van der Waals surface area contributed by atoms with Crippen molar-refractivity contribution in [3.05, 3.63) is 59.3 Å². The molecule has 0 saturated carbocycles. The van der Waals surface area contributed by atoms with E-state index in [9.17, 15) is 4.79 Å². The van der Waals surface area contributed by atoms with Gasteiger partial charge in [0.05, 0.1) is 6.61 Å². The number of carbonyl (C=O) groups is 1. The fourth-order valence-corrected chi connectivity index (χ4v) is 2.47. The average molecular weight is 344 g/mol. The molecule has 3 aromatic rings. The topological polar surface area (TPSA) is 51.5 Å². The van der Waals surface area contributed by atoms with Gasteiger partial charge >= 0.3 is 0 Å². The van der Waals surface area contributed by atoms with Crippen molar-refractivity contribution in [2.45, 2.75) is 19.8 Å². The Morgan fingerprint density at radius 3 is 2.71 bits per heavy atom. The molecule has 1 N–H and O–H groups in total. The highest BCUT2D eigenvalue weighted by molar-refractivity contribution is 6.31. The fraction of sp³-hybridized carbons (Fsp3) is 0.211. The second kappa shape index (κ2) is 7.41. The van der Waals surface area contributed by atoms with Crippen LogP contribution in [0.15, 0.2) is 52.9 Å². The highest BCUT2D eigenvalue weighted by Gasteiger charge is 2.12. The lowest BCUT2D eigenvalue weighted by molar-refractivity contribution is 0.0998. The molecule has 4 nitrogen and oxygen atoms in total. The van der Waals surface area contributed by atoms with Crippen LogP contribution in [-0.2, 0) is 0 Å². The van der Waals surface area contributed by atoms with Gasteiger partial charge in [-0.1, -0.05) is 24.9 Å². The Kier molecular flexibility index (Phi) is 5.06. The van der Waals surface area contributed by atoms with Crippen molar-refractivity contribution in [2.75, 3.05) is 11.9 Å². The second-order valence-corrected chi connectivity index (χ2v) is 5.91. The van der Waals surface area contributed by atoms with Gasteiger partial charge in [0, 0.05) is 16.1 Å². The predicted octanol–water partition coefficient (Wildman–Crippen LogP) is 5.52. The van der Waals surface area contributed by atoms with Crippen molar-refractivity contribution in [1.82, 2.24) is 0 Å². The van der Waals surface area contributed by atoms with E-state index in [0.29, 0.717) is 22.9 Å². The Bertz CT molecular complexity index is 839. The molecule has 0 aliphatic heterocycles. The van der Waals surface area contributed by atoms with Crippen LogP contribution >= 0.6 is 11.6 Å². The van der Waals surface area contributed by atoms with Crippen molar-refractivity contribution in [3.63, 3.8) is 0 Å². The maximum atomic E-state index is 12.3. The van der Waals surface area contributed by atoms with E-state index >= 15 is 0 Å². The van der Waals surface area contributed by atoms with E-state index in [1.807, 2.05) is 12.1 Å². The van der Waals surface area contributed by atoms with Crippen LogP contribution in [0.25, 0.3) is 11.0 Å². The van der Waals surface area contributed by atoms with Crippen molar-refractivity contribution in [3.8, 4) is 5.75 Å². The molecule has 24 heavy (non-hydrogen) atoms. The number of benzene rings is 2. The predicted molar refractivity (Wildman–Crippen MR) is 96.0 cm³/mol. The molecular formula is C19H18ClNO3. The van der Waals surface area contributed by atoms with Crippen LogP contribution in [0.5, 0.6) is 5.75 Å². The normalized spacial score (nSPS) is 10.8. The van der Waals surface area contributed by atoms with Gasteiger partial charge in [0.1, 0.15) is 11.3 Å². The molecule has 1 heterocycles. The van der Waals surface area contributed by atoms with Crippen molar-refractivity contribution < 1.29 is 13.9 Å². The SMILES string of the molecule is CCCCOc1ccc(NC(=O)c2cc3cc(Cl)ccc3o2)cc1. The summed E-state index contributed by atoms with van der Waals surface area (Å²) in [6.07, 6.45) is 2.12. The number of hydrogen-bond donors (Lipinski definition) is 1. The molecule has 1 amide bonds. The van der Waals surface area contributed by atoms with E-state index in [1.54, 1.807) is 36.4 Å². The Hall–Kier alpha value is -2.46. The van der Waals surface area contributed by atoms with Gasteiger partial charge in [0.2, 0.25) is 0 Å². The number of anilines is 1. The Balaban J connectivity index is 1.67. The third-order valence-corrected chi connectivity index (χ3v) is 3.82. The summed E-state index contributed by atoms with van der Waals surface area (Å²) in [7, 11) is 0. The van der Waals surface area contributed by atoms with E-state index in [1.165, 1.54) is 0 Å². The van der Waals surface area contributed by atoms with Crippen LogP contribution in [0.3, 0.4) is 0 Å². The largest absolute Gasteiger partial charge is 0.494 e. The average Bonchev–Trinajstić information content (AvgIpc) is 3.00. The third-order valence-electron chi connectivity index (χ3n) is 3.58. The fourth-order valence-electron chi connectivity index (χ4n) is 2.29.